The number of hydrogen-bond acceptors (Lipinski definition) is 3. The summed E-state index contributed by atoms with van der Waals surface area (Å²) < 4.78 is 0. The number of halogens is 1. The standard InChI is InChI=1S/C24H18ClN3/c25-21-14-12-20(13-15-21)23-26-24-22(7-4-16-28(24)27-23)19-10-8-18(9-11-19)17-5-2-1-3-6-17/h1-16,23,27H. The van der Waals surface area contributed by atoms with E-state index in [-0.39, 0.29) is 6.17 Å². The molecule has 136 valence electrons. The third-order valence-electron chi connectivity index (χ3n) is 4.97. The highest BCUT2D eigenvalue weighted by molar-refractivity contribution is 6.30. The van der Waals surface area contributed by atoms with Crippen LogP contribution in [-0.4, -0.2) is 10.8 Å². The van der Waals surface area contributed by atoms with E-state index < -0.39 is 0 Å². The summed E-state index contributed by atoms with van der Waals surface area (Å²) in [6.45, 7) is 0. The highest BCUT2D eigenvalue weighted by Gasteiger charge is 2.28. The van der Waals surface area contributed by atoms with Gasteiger partial charge in [-0.15, -0.1) is 0 Å². The molecule has 0 bridgehead atoms. The maximum Gasteiger partial charge on any atom is 0.152 e. The first kappa shape index (κ1) is 17.0. The number of allylic oxidation sites excluding steroid dienone is 2. The number of fused-ring (bicyclic) bond motifs is 1. The lowest BCUT2D eigenvalue weighted by molar-refractivity contribution is 0.387. The van der Waals surface area contributed by atoms with Crippen LogP contribution in [0.1, 0.15) is 17.3 Å². The van der Waals surface area contributed by atoms with Crippen LogP contribution in [0.15, 0.2) is 102 Å². The van der Waals surface area contributed by atoms with Gasteiger partial charge in [0.2, 0.25) is 0 Å². The number of nitrogens with zero attached hydrogens (tertiary/aromatic N) is 2. The molecule has 2 heterocycles. The van der Waals surface area contributed by atoms with Crippen molar-refractivity contribution in [3.05, 3.63) is 113 Å². The molecule has 0 saturated carbocycles. The third kappa shape index (κ3) is 3.15. The zero-order valence-electron chi connectivity index (χ0n) is 15.1. The van der Waals surface area contributed by atoms with Gasteiger partial charge in [0.05, 0.1) is 0 Å². The van der Waals surface area contributed by atoms with Crippen molar-refractivity contribution in [1.82, 2.24) is 10.4 Å². The van der Waals surface area contributed by atoms with Crippen molar-refractivity contribution < 1.29 is 0 Å². The Morgan fingerprint density at radius 2 is 1.46 bits per heavy atom. The molecule has 0 saturated heterocycles. The number of aliphatic imine (C=N–C) groups is 1. The van der Waals surface area contributed by atoms with E-state index in [2.05, 4.69) is 60.0 Å². The number of nitrogens with one attached hydrogen (secondary N) is 1. The van der Waals surface area contributed by atoms with Gasteiger partial charge in [-0.1, -0.05) is 78.3 Å². The van der Waals surface area contributed by atoms with Crippen LogP contribution >= 0.6 is 11.6 Å². The largest absolute Gasteiger partial charge is 0.265 e. The zero-order chi connectivity index (χ0) is 18.9. The topological polar surface area (TPSA) is 27.6 Å². The molecular weight excluding hydrogens is 366 g/mol. The first-order chi connectivity index (χ1) is 13.8. The lowest BCUT2D eigenvalue weighted by Crippen LogP contribution is -2.34. The summed E-state index contributed by atoms with van der Waals surface area (Å²) in [6, 6.07) is 26.8. The summed E-state index contributed by atoms with van der Waals surface area (Å²) in [6.07, 6.45) is 6.02. The van der Waals surface area contributed by atoms with Crippen molar-refractivity contribution in [3.63, 3.8) is 0 Å². The fraction of sp³-hybridized carbons (Fsp3) is 0.0417. The Kier molecular flexibility index (Phi) is 4.32. The molecule has 3 aromatic carbocycles. The van der Waals surface area contributed by atoms with Gasteiger partial charge in [-0.3, -0.25) is 5.01 Å². The van der Waals surface area contributed by atoms with Crippen molar-refractivity contribution in [3.8, 4) is 11.1 Å². The second-order valence-corrected chi connectivity index (χ2v) is 7.21. The van der Waals surface area contributed by atoms with Crippen molar-refractivity contribution in [1.29, 1.82) is 0 Å². The van der Waals surface area contributed by atoms with Crippen LogP contribution in [0.25, 0.3) is 16.7 Å². The minimum atomic E-state index is -0.123. The highest BCUT2D eigenvalue weighted by atomic mass is 35.5. The Hall–Kier alpha value is -3.14. The van der Waals surface area contributed by atoms with E-state index in [1.54, 1.807) is 0 Å². The maximum atomic E-state index is 6.01. The second-order valence-electron chi connectivity index (χ2n) is 6.77. The van der Waals surface area contributed by atoms with Gasteiger partial charge in [-0.25, -0.2) is 10.4 Å². The van der Waals surface area contributed by atoms with E-state index in [9.17, 15) is 0 Å². The predicted molar refractivity (Wildman–Crippen MR) is 116 cm³/mol. The molecular formula is C24H18ClN3. The lowest BCUT2D eigenvalue weighted by atomic mass is 9.98. The Balaban J connectivity index is 1.45. The van der Waals surface area contributed by atoms with Crippen LogP contribution < -0.4 is 5.43 Å². The molecule has 4 heteroatoms. The molecule has 3 aromatic rings. The smallest absolute Gasteiger partial charge is 0.152 e. The van der Waals surface area contributed by atoms with Gasteiger partial charge in [0, 0.05) is 16.8 Å². The molecule has 1 atom stereocenters. The quantitative estimate of drug-likeness (QED) is 0.615. The minimum Gasteiger partial charge on any atom is -0.265 e. The Morgan fingerprint density at radius 1 is 0.786 bits per heavy atom. The molecule has 1 N–H and O–H groups in total. The third-order valence-corrected chi connectivity index (χ3v) is 5.22. The van der Waals surface area contributed by atoms with E-state index in [4.69, 9.17) is 16.6 Å². The van der Waals surface area contributed by atoms with Crippen LogP contribution in [-0.2, 0) is 0 Å². The highest BCUT2D eigenvalue weighted by Crippen LogP contribution is 2.31. The van der Waals surface area contributed by atoms with E-state index in [1.165, 1.54) is 11.1 Å². The second kappa shape index (κ2) is 7.12. The van der Waals surface area contributed by atoms with Crippen LogP contribution in [0.2, 0.25) is 5.02 Å². The lowest BCUT2D eigenvalue weighted by Gasteiger charge is -2.21. The van der Waals surface area contributed by atoms with Crippen LogP contribution in [0.3, 0.4) is 0 Å². The first-order valence-electron chi connectivity index (χ1n) is 9.21. The summed E-state index contributed by atoms with van der Waals surface area (Å²) >= 11 is 6.01. The number of hydrogen-bond donors (Lipinski definition) is 1. The molecule has 3 nitrogen and oxygen atoms in total. The van der Waals surface area contributed by atoms with Crippen LogP contribution in [0.5, 0.6) is 0 Å². The molecule has 0 amide bonds. The first-order valence-corrected chi connectivity index (χ1v) is 9.59. The van der Waals surface area contributed by atoms with E-state index in [1.807, 2.05) is 47.6 Å². The molecule has 1 unspecified atom stereocenters. The molecule has 2 aliphatic rings. The van der Waals surface area contributed by atoms with Gasteiger partial charge in [-0.2, -0.15) is 0 Å². The van der Waals surface area contributed by atoms with Gasteiger partial charge in [0.15, 0.2) is 5.84 Å². The van der Waals surface area contributed by atoms with Gasteiger partial charge >= 0.3 is 0 Å². The van der Waals surface area contributed by atoms with Gasteiger partial charge in [0.1, 0.15) is 6.17 Å². The van der Waals surface area contributed by atoms with E-state index in [0.29, 0.717) is 0 Å². The zero-order valence-corrected chi connectivity index (χ0v) is 15.8. The summed E-state index contributed by atoms with van der Waals surface area (Å²) in [4.78, 5) is 4.92. The average Bonchev–Trinajstić information content (AvgIpc) is 3.19. The van der Waals surface area contributed by atoms with E-state index >= 15 is 0 Å². The minimum absolute atomic E-state index is 0.123. The van der Waals surface area contributed by atoms with Gasteiger partial charge in [0.25, 0.3) is 0 Å². The molecule has 0 radical (unpaired) electrons. The van der Waals surface area contributed by atoms with Crippen molar-refractivity contribution in [2.75, 3.05) is 0 Å². The molecule has 2 aliphatic heterocycles. The summed E-state index contributed by atoms with van der Waals surface area (Å²) in [5.74, 6) is 0.926. The molecule has 0 aromatic heterocycles. The van der Waals surface area contributed by atoms with Crippen LogP contribution in [0.4, 0.5) is 0 Å². The van der Waals surface area contributed by atoms with Gasteiger partial charge < -0.3 is 0 Å². The molecule has 28 heavy (non-hydrogen) atoms. The SMILES string of the molecule is Clc1ccc(C2N=C3C(c4ccc(-c5ccccc5)cc4)=CC=CN3N2)cc1. The summed E-state index contributed by atoms with van der Waals surface area (Å²) in [7, 11) is 0. The summed E-state index contributed by atoms with van der Waals surface area (Å²) in [5.41, 5.74) is 9.18. The van der Waals surface area contributed by atoms with Crippen molar-refractivity contribution >= 4 is 23.0 Å². The molecule has 0 aliphatic carbocycles. The fourth-order valence-electron chi connectivity index (χ4n) is 3.51. The maximum absolute atomic E-state index is 6.01. The fourth-order valence-corrected chi connectivity index (χ4v) is 3.64. The number of benzene rings is 3. The summed E-state index contributed by atoms with van der Waals surface area (Å²) in [5, 5.41) is 2.71. The van der Waals surface area contributed by atoms with E-state index in [0.717, 1.165) is 27.6 Å². The molecule has 5 rings (SSSR count). The van der Waals surface area contributed by atoms with Crippen LogP contribution in [0, 0.1) is 0 Å². The normalized spacial score (nSPS) is 17.9. The average molecular weight is 384 g/mol. The number of rotatable bonds is 3. The van der Waals surface area contributed by atoms with Crippen molar-refractivity contribution in [2.45, 2.75) is 6.17 Å². The Labute approximate surface area is 169 Å². The molecule has 0 fully saturated rings. The monoisotopic (exact) mass is 383 g/mol. The van der Waals surface area contributed by atoms with Crippen molar-refractivity contribution in [2.24, 2.45) is 4.99 Å². The number of hydrazine groups is 1. The van der Waals surface area contributed by atoms with Gasteiger partial charge in [-0.05, 0) is 46.5 Å². The Bertz CT molecular complexity index is 1080. The predicted octanol–water partition coefficient (Wildman–Crippen LogP) is 5.84. The Morgan fingerprint density at radius 3 is 2.21 bits per heavy atom. The molecule has 0 spiro atoms. The number of amidine groups is 1.